The second-order valence-electron chi connectivity index (χ2n) is 5.29. The highest BCUT2D eigenvalue weighted by atomic mass is 35.5. The number of methoxy groups -OCH3 is 1. The number of ether oxygens (including phenoxy) is 1. The molecule has 0 bridgehead atoms. The van der Waals surface area contributed by atoms with E-state index in [2.05, 4.69) is 9.72 Å². The Morgan fingerprint density at radius 1 is 1.43 bits per heavy atom. The molecule has 1 fully saturated rings. The summed E-state index contributed by atoms with van der Waals surface area (Å²) >= 11 is 5.95. The number of oxazole rings is 1. The highest BCUT2D eigenvalue weighted by molar-refractivity contribution is 6.30. The van der Waals surface area contributed by atoms with Crippen molar-refractivity contribution in [2.24, 2.45) is 0 Å². The Morgan fingerprint density at radius 2 is 2.22 bits per heavy atom. The molecule has 0 spiro atoms. The van der Waals surface area contributed by atoms with Crippen LogP contribution in [0.2, 0.25) is 5.02 Å². The number of amides is 1. The van der Waals surface area contributed by atoms with Gasteiger partial charge in [0.15, 0.2) is 5.69 Å². The van der Waals surface area contributed by atoms with Gasteiger partial charge in [-0.1, -0.05) is 17.7 Å². The molecule has 3 rings (SSSR count). The maximum atomic E-state index is 12.7. The molecule has 23 heavy (non-hydrogen) atoms. The van der Waals surface area contributed by atoms with Crippen molar-refractivity contribution in [2.45, 2.75) is 25.4 Å². The number of carbonyl (C=O) groups is 2. The van der Waals surface area contributed by atoms with Gasteiger partial charge in [-0.2, -0.15) is 0 Å². The molecule has 0 atom stereocenters. The van der Waals surface area contributed by atoms with Crippen LogP contribution in [-0.2, 0) is 11.3 Å². The van der Waals surface area contributed by atoms with Crippen molar-refractivity contribution in [3.8, 4) is 0 Å². The fourth-order valence-electron chi connectivity index (χ4n) is 2.27. The zero-order valence-electron chi connectivity index (χ0n) is 12.5. The highest BCUT2D eigenvalue weighted by Gasteiger charge is 2.34. The third-order valence-electron chi connectivity index (χ3n) is 3.57. The summed E-state index contributed by atoms with van der Waals surface area (Å²) in [6, 6.07) is 6.97. The van der Waals surface area contributed by atoms with Crippen LogP contribution in [0.1, 0.15) is 39.6 Å². The maximum Gasteiger partial charge on any atom is 0.360 e. The summed E-state index contributed by atoms with van der Waals surface area (Å²) in [5, 5.41) is 0.510. The zero-order chi connectivity index (χ0) is 16.4. The summed E-state index contributed by atoms with van der Waals surface area (Å²) in [5.74, 6) is -0.403. The second kappa shape index (κ2) is 6.42. The minimum Gasteiger partial charge on any atom is -0.464 e. The predicted octanol–water partition coefficient (Wildman–Crippen LogP) is 2.92. The number of hydrogen-bond acceptors (Lipinski definition) is 5. The molecule has 0 aliphatic heterocycles. The zero-order valence-corrected chi connectivity index (χ0v) is 13.2. The lowest BCUT2D eigenvalue weighted by atomic mass is 10.2. The lowest BCUT2D eigenvalue weighted by Gasteiger charge is -2.20. The van der Waals surface area contributed by atoms with E-state index >= 15 is 0 Å². The first kappa shape index (κ1) is 15.6. The van der Waals surface area contributed by atoms with E-state index in [1.165, 1.54) is 13.4 Å². The average Bonchev–Trinajstić information content (AvgIpc) is 3.29. The van der Waals surface area contributed by atoms with Crippen molar-refractivity contribution in [2.75, 3.05) is 7.11 Å². The van der Waals surface area contributed by atoms with Crippen LogP contribution in [0, 0.1) is 0 Å². The lowest BCUT2D eigenvalue weighted by molar-refractivity contribution is 0.0594. The lowest BCUT2D eigenvalue weighted by Crippen LogP contribution is -2.32. The number of carbonyl (C=O) groups excluding carboxylic acids is 2. The van der Waals surface area contributed by atoms with E-state index in [1.807, 2.05) is 0 Å². The van der Waals surface area contributed by atoms with Crippen molar-refractivity contribution in [3.63, 3.8) is 0 Å². The Labute approximate surface area is 138 Å². The van der Waals surface area contributed by atoms with Crippen molar-refractivity contribution < 1.29 is 18.7 Å². The normalized spacial score (nSPS) is 13.7. The van der Waals surface area contributed by atoms with Gasteiger partial charge in [0, 0.05) is 16.6 Å². The van der Waals surface area contributed by atoms with Gasteiger partial charge >= 0.3 is 5.97 Å². The molecule has 7 heteroatoms. The van der Waals surface area contributed by atoms with Crippen molar-refractivity contribution in [1.29, 1.82) is 0 Å². The molecule has 120 valence electrons. The molecule has 0 unspecified atom stereocenters. The Bertz CT molecular complexity index is 739. The molecule has 1 saturated carbocycles. The van der Waals surface area contributed by atoms with E-state index in [4.69, 9.17) is 16.0 Å². The van der Waals surface area contributed by atoms with Crippen LogP contribution in [0.5, 0.6) is 0 Å². The first-order valence-electron chi connectivity index (χ1n) is 7.17. The van der Waals surface area contributed by atoms with Gasteiger partial charge in [0.2, 0.25) is 5.89 Å². The highest BCUT2D eigenvalue weighted by Crippen LogP contribution is 2.30. The summed E-state index contributed by atoms with van der Waals surface area (Å²) < 4.78 is 9.86. The number of benzene rings is 1. The van der Waals surface area contributed by atoms with Crippen LogP contribution >= 0.6 is 11.6 Å². The number of hydrogen-bond donors (Lipinski definition) is 0. The third-order valence-corrected chi connectivity index (χ3v) is 3.81. The van der Waals surface area contributed by atoms with Gasteiger partial charge in [0.05, 0.1) is 13.7 Å². The Hall–Kier alpha value is -2.34. The minimum absolute atomic E-state index is 0.0912. The average molecular weight is 335 g/mol. The maximum absolute atomic E-state index is 12.7. The molecule has 1 aromatic heterocycles. The number of rotatable bonds is 5. The quantitative estimate of drug-likeness (QED) is 0.786. The van der Waals surface area contributed by atoms with Gasteiger partial charge in [0.1, 0.15) is 6.26 Å². The van der Waals surface area contributed by atoms with Crippen LogP contribution < -0.4 is 0 Å². The Morgan fingerprint density at radius 3 is 2.87 bits per heavy atom. The van der Waals surface area contributed by atoms with Crippen molar-refractivity contribution in [1.82, 2.24) is 9.88 Å². The molecule has 1 aromatic carbocycles. The smallest absolute Gasteiger partial charge is 0.360 e. The molecule has 0 N–H and O–H groups in total. The fraction of sp³-hybridized carbons (Fsp3) is 0.312. The van der Waals surface area contributed by atoms with E-state index in [-0.39, 0.29) is 24.2 Å². The fourth-order valence-corrected chi connectivity index (χ4v) is 2.46. The van der Waals surface area contributed by atoms with Crippen LogP contribution in [0.15, 0.2) is 34.9 Å². The van der Waals surface area contributed by atoms with Crippen molar-refractivity contribution in [3.05, 3.63) is 52.7 Å². The summed E-state index contributed by atoms with van der Waals surface area (Å²) in [6.45, 7) is 0.201. The van der Waals surface area contributed by atoms with Crippen molar-refractivity contribution >= 4 is 23.5 Å². The van der Waals surface area contributed by atoms with E-state index in [9.17, 15) is 9.59 Å². The first-order valence-corrected chi connectivity index (χ1v) is 7.55. The van der Waals surface area contributed by atoms with Gasteiger partial charge in [-0.25, -0.2) is 9.78 Å². The van der Waals surface area contributed by atoms with E-state index in [0.717, 1.165) is 12.8 Å². The molecule has 0 radical (unpaired) electrons. The molecular formula is C16H15ClN2O4. The summed E-state index contributed by atoms with van der Waals surface area (Å²) in [5.41, 5.74) is 0.609. The van der Waals surface area contributed by atoms with Crippen LogP contribution in [-0.4, -0.2) is 34.9 Å². The Kier molecular flexibility index (Phi) is 4.34. The third kappa shape index (κ3) is 3.53. The van der Waals surface area contributed by atoms with Gasteiger partial charge < -0.3 is 14.1 Å². The molecule has 1 amide bonds. The SMILES string of the molecule is COC(=O)c1coc(CN(C(=O)c2cccc(Cl)c2)C2CC2)n1. The first-order chi connectivity index (χ1) is 11.1. The van der Waals surface area contributed by atoms with Gasteiger partial charge in [-0.05, 0) is 31.0 Å². The number of nitrogens with zero attached hydrogens (tertiary/aromatic N) is 2. The summed E-state index contributed by atoms with van der Waals surface area (Å²) in [7, 11) is 1.27. The molecule has 6 nitrogen and oxygen atoms in total. The van der Waals surface area contributed by atoms with Gasteiger partial charge in [-0.15, -0.1) is 0 Å². The minimum atomic E-state index is -0.570. The molecule has 1 aliphatic carbocycles. The monoisotopic (exact) mass is 334 g/mol. The largest absolute Gasteiger partial charge is 0.464 e. The number of aromatic nitrogens is 1. The molecule has 1 heterocycles. The van der Waals surface area contributed by atoms with Crippen LogP contribution in [0.3, 0.4) is 0 Å². The number of halogens is 1. The standard InChI is InChI=1S/C16H15ClN2O4/c1-22-16(21)13-9-23-14(18-13)8-19(12-5-6-12)15(20)10-3-2-4-11(17)7-10/h2-4,7,9,12H,5-6,8H2,1H3. The molecule has 2 aromatic rings. The van der Waals surface area contributed by atoms with Gasteiger partial charge in [0.25, 0.3) is 5.91 Å². The molecular weight excluding hydrogens is 320 g/mol. The van der Waals surface area contributed by atoms with E-state index < -0.39 is 5.97 Å². The van der Waals surface area contributed by atoms with E-state index in [1.54, 1.807) is 29.2 Å². The molecule has 0 saturated heterocycles. The predicted molar refractivity (Wildman–Crippen MR) is 82.2 cm³/mol. The number of esters is 1. The molecule has 1 aliphatic rings. The second-order valence-corrected chi connectivity index (χ2v) is 5.73. The van der Waals surface area contributed by atoms with Crippen LogP contribution in [0.25, 0.3) is 0 Å². The Balaban J connectivity index is 1.78. The summed E-state index contributed by atoms with van der Waals surface area (Å²) in [6.07, 6.45) is 3.11. The van der Waals surface area contributed by atoms with Crippen LogP contribution in [0.4, 0.5) is 0 Å². The summed E-state index contributed by atoms with van der Waals surface area (Å²) in [4.78, 5) is 29.9. The van der Waals surface area contributed by atoms with Gasteiger partial charge in [-0.3, -0.25) is 4.79 Å². The topological polar surface area (TPSA) is 72.6 Å². The van der Waals surface area contributed by atoms with E-state index in [0.29, 0.717) is 16.5 Å².